The molecule has 2 heterocycles. The predicted octanol–water partition coefficient (Wildman–Crippen LogP) is 5.22. The molecule has 7 heteroatoms. The van der Waals surface area contributed by atoms with Crippen molar-refractivity contribution in [2.45, 2.75) is 19.6 Å². The van der Waals surface area contributed by atoms with Crippen molar-refractivity contribution in [2.75, 3.05) is 5.32 Å². The van der Waals surface area contributed by atoms with Crippen LogP contribution in [-0.2, 0) is 19.6 Å². The molecular weight excluding hydrogens is 409 g/mol. The monoisotopic (exact) mass is 431 g/mol. The van der Waals surface area contributed by atoms with Crippen LogP contribution < -0.4 is 10.1 Å². The van der Waals surface area contributed by atoms with Gasteiger partial charge in [0.05, 0.1) is 6.54 Å². The van der Waals surface area contributed by atoms with Gasteiger partial charge in [0.2, 0.25) is 0 Å². The molecule has 0 aliphatic rings. The number of carbonyl (C=O) groups is 1. The Kier molecular flexibility index (Phi) is 6.46. The second-order valence-electron chi connectivity index (χ2n) is 7.10. The van der Waals surface area contributed by atoms with E-state index in [1.807, 2.05) is 30.3 Å². The summed E-state index contributed by atoms with van der Waals surface area (Å²) < 4.78 is 26.8. The van der Waals surface area contributed by atoms with Crippen molar-refractivity contribution in [3.8, 4) is 5.75 Å². The highest BCUT2D eigenvalue weighted by Gasteiger charge is 2.14. The fraction of sp³-hybridized carbons (Fsp3) is 0.120. The molecule has 0 saturated heterocycles. The van der Waals surface area contributed by atoms with Gasteiger partial charge in [0, 0.05) is 17.8 Å². The smallest absolute Gasteiger partial charge is 0.292 e. The van der Waals surface area contributed by atoms with Gasteiger partial charge in [0.1, 0.15) is 23.9 Å². The van der Waals surface area contributed by atoms with E-state index in [1.54, 1.807) is 47.3 Å². The van der Waals surface area contributed by atoms with Crippen LogP contribution >= 0.6 is 0 Å². The lowest BCUT2D eigenvalue weighted by Crippen LogP contribution is -2.12. The summed E-state index contributed by atoms with van der Waals surface area (Å²) in [6, 6.07) is 19.1. The largest absolute Gasteiger partial charge is 0.485 e. The molecule has 6 nitrogen and oxygen atoms in total. The average molecular weight is 431 g/mol. The Morgan fingerprint density at radius 1 is 1.09 bits per heavy atom. The summed E-state index contributed by atoms with van der Waals surface area (Å²) in [5.74, 6) is 1.03. The molecule has 0 aliphatic heterocycles. The van der Waals surface area contributed by atoms with Crippen LogP contribution in [0.1, 0.15) is 27.4 Å². The number of rotatable bonds is 9. The molecule has 0 saturated carbocycles. The van der Waals surface area contributed by atoms with Crippen molar-refractivity contribution >= 4 is 11.7 Å². The van der Waals surface area contributed by atoms with Gasteiger partial charge in [-0.25, -0.2) is 4.39 Å². The quantitative estimate of drug-likeness (QED) is 0.369. The number of allylic oxidation sites excluding steroid dienone is 1. The number of benzene rings is 2. The van der Waals surface area contributed by atoms with E-state index in [9.17, 15) is 9.18 Å². The number of furan rings is 1. The maximum atomic E-state index is 13.8. The third kappa shape index (κ3) is 5.13. The van der Waals surface area contributed by atoms with Crippen LogP contribution in [0.4, 0.5) is 10.2 Å². The first-order valence-electron chi connectivity index (χ1n) is 10.1. The highest BCUT2D eigenvalue weighted by Crippen LogP contribution is 2.21. The van der Waals surface area contributed by atoms with Crippen LogP contribution in [0.5, 0.6) is 5.75 Å². The maximum absolute atomic E-state index is 13.8. The predicted molar refractivity (Wildman–Crippen MR) is 119 cm³/mol. The third-order valence-corrected chi connectivity index (χ3v) is 4.76. The van der Waals surface area contributed by atoms with E-state index in [2.05, 4.69) is 17.0 Å². The topological polar surface area (TPSA) is 69.3 Å². The fourth-order valence-corrected chi connectivity index (χ4v) is 3.19. The molecule has 0 bridgehead atoms. The molecule has 0 radical (unpaired) electrons. The van der Waals surface area contributed by atoms with Crippen LogP contribution in [0.15, 0.2) is 90.0 Å². The number of hydrogen-bond acceptors (Lipinski definition) is 4. The zero-order valence-corrected chi connectivity index (χ0v) is 17.3. The standard InChI is InChI=1S/C25H22FN3O3/c1-2-7-18-8-4-6-11-22(18)31-17-20-12-13-23(32-20)25(30)27-24-14-15-29(28-24)16-19-9-3-5-10-21(19)26/h2-6,8-15H,1,7,16-17H2,(H,27,28,30). The number of nitrogens with zero attached hydrogens (tertiary/aromatic N) is 2. The van der Waals surface area contributed by atoms with E-state index in [0.717, 1.165) is 11.3 Å². The minimum Gasteiger partial charge on any atom is -0.485 e. The number of amides is 1. The van der Waals surface area contributed by atoms with Gasteiger partial charge < -0.3 is 14.5 Å². The maximum Gasteiger partial charge on any atom is 0.292 e. The Morgan fingerprint density at radius 3 is 2.69 bits per heavy atom. The summed E-state index contributed by atoms with van der Waals surface area (Å²) in [4.78, 5) is 12.5. The van der Waals surface area contributed by atoms with Crippen molar-refractivity contribution in [2.24, 2.45) is 0 Å². The lowest BCUT2D eigenvalue weighted by molar-refractivity contribution is 0.0992. The molecule has 0 spiro atoms. The summed E-state index contributed by atoms with van der Waals surface area (Å²) in [6.07, 6.45) is 4.19. The fourth-order valence-electron chi connectivity index (χ4n) is 3.19. The average Bonchev–Trinajstić information content (AvgIpc) is 3.45. The van der Waals surface area contributed by atoms with Gasteiger partial charge in [-0.05, 0) is 36.2 Å². The first-order chi connectivity index (χ1) is 15.6. The minimum absolute atomic E-state index is 0.145. The Morgan fingerprint density at radius 2 is 1.88 bits per heavy atom. The van der Waals surface area contributed by atoms with E-state index in [-0.39, 0.29) is 24.7 Å². The van der Waals surface area contributed by atoms with E-state index < -0.39 is 5.91 Å². The van der Waals surface area contributed by atoms with Gasteiger partial charge in [0.15, 0.2) is 11.6 Å². The number of ether oxygens (including phenoxy) is 1. The lowest BCUT2D eigenvalue weighted by atomic mass is 10.1. The number of hydrogen-bond donors (Lipinski definition) is 1. The molecule has 2 aromatic carbocycles. The van der Waals surface area contributed by atoms with Gasteiger partial charge in [-0.15, -0.1) is 6.58 Å². The first-order valence-corrected chi connectivity index (χ1v) is 10.1. The first kappa shape index (κ1) is 21.1. The molecule has 4 rings (SSSR count). The molecule has 1 N–H and O–H groups in total. The number of halogens is 1. The van der Waals surface area contributed by atoms with E-state index in [1.165, 1.54) is 6.07 Å². The Balaban J connectivity index is 1.35. The summed E-state index contributed by atoms with van der Waals surface area (Å²) >= 11 is 0. The normalized spacial score (nSPS) is 10.7. The van der Waals surface area contributed by atoms with Gasteiger partial charge in [-0.2, -0.15) is 5.10 Å². The Bertz CT molecular complexity index is 1230. The second-order valence-corrected chi connectivity index (χ2v) is 7.10. The number of nitrogens with one attached hydrogen (secondary N) is 1. The molecule has 0 atom stereocenters. The molecule has 162 valence electrons. The van der Waals surface area contributed by atoms with Gasteiger partial charge in [0.25, 0.3) is 5.91 Å². The molecule has 0 unspecified atom stereocenters. The van der Waals surface area contributed by atoms with Crippen LogP contribution in [0.2, 0.25) is 0 Å². The summed E-state index contributed by atoms with van der Waals surface area (Å²) in [6.45, 7) is 4.21. The van der Waals surface area contributed by atoms with Gasteiger partial charge in [-0.1, -0.05) is 42.5 Å². The number of carbonyl (C=O) groups excluding carboxylic acids is 1. The second kappa shape index (κ2) is 9.78. The van der Waals surface area contributed by atoms with Gasteiger partial charge >= 0.3 is 0 Å². The molecule has 0 aliphatic carbocycles. The summed E-state index contributed by atoms with van der Waals surface area (Å²) in [7, 11) is 0. The van der Waals surface area contributed by atoms with Crippen molar-refractivity contribution in [3.63, 3.8) is 0 Å². The van der Waals surface area contributed by atoms with Crippen molar-refractivity contribution in [1.82, 2.24) is 9.78 Å². The summed E-state index contributed by atoms with van der Waals surface area (Å²) in [5.41, 5.74) is 1.54. The van der Waals surface area contributed by atoms with Crippen LogP contribution in [0.3, 0.4) is 0 Å². The third-order valence-electron chi connectivity index (χ3n) is 4.76. The number of anilines is 1. The van der Waals surface area contributed by atoms with Crippen LogP contribution in [0.25, 0.3) is 0 Å². The van der Waals surface area contributed by atoms with E-state index in [4.69, 9.17) is 9.15 Å². The van der Waals surface area contributed by atoms with Gasteiger partial charge in [-0.3, -0.25) is 9.48 Å². The highest BCUT2D eigenvalue weighted by molar-refractivity contribution is 6.01. The zero-order valence-electron chi connectivity index (χ0n) is 17.3. The molecule has 4 aromatic rings. The van der Waals surface area contributed by atoms with E-state index >= 15 is 0 Å². The van der Waals surface area contributed by atoms with E-state index in [0.29, 0.717) is 23.6 Å². The molecule has 0 fully saturated rings. The molecule has 2 aromatic heterocycles. The SMILES string of the molecule is C=CCc1ccccc1OCc1ccc(C(=O)Nc2ccn(Cc3ccccc3F)n2)o1. The van der Waals surface area contributed by atoms with Crippen LogP contribution in [0, 0.1) is 5.82 Å². The number of aromatic nitrogens is 2. The molecule has 1 amide bonds. The molecular formula is C25H22FN3O3. The zero-order chi connectivity index (χ0) is 22.3. The molecule has 32 heavy (non-hydrogen) atoms. The van der Waals surface area contributed by atoms with Crippen molar-refractivity contribution in [1.29, 1.82) is 0 Å². The Hall–Kier alpha value is -4.13. The van der Waals surface area contributed by atoms with Crippen molar-refractivity contribution < 1.29 is 18.3 Å². The van der Waals surface area contributed by atoms with Crippen molar-refractivity contribution in [3.05, 3.63) is 114 Å². The highest BCUT2D eigenvalue weighted by atomic mass is 19.1. The van der Waals surface area contributed by atoms with Crippen LogP contribution in [-0.4, -0.2) is 15.7 Å². The minimum atomic E-state index is -0.431. The lowest BCUT2D eigenvalue weighted by Gasteiger charge is -2.08. The Labute approximate surface area is 184 Å². The number of para-hydroxylation sites is 1. The summed E-state index contributed by atoms with van der Waals surface area (Å²) in [5, 5.41) is 6.95.